The summed E-state index contributed by atoms with van der Waals surface area (Å²) in [6.45, 7) is 1.11. The molecule has 0 radical (unpaired) electrons. The molecule has 6 rings (SSSR count). The number of benzene rings is 2. The highest BCUT2D eigenvalue weighted by atomic mass is 16.5. The van der Waals surface area contributed by atoms with E-state index in [9.17, 15) is 0 Å². The van der Waals surface area contributed by atoms with E-state index in [2.05, 4.69) is 73.8 Å². The summed E-state index contributed by atoms with van der Waals surface area (Å²) in [6, 6.07) is 16.4. The van der Waals surface area contributed by atoms with E-state index >= 15 is 0 Å². The maximum atomic E-state index is 5.19. The Balaban J connectivity index is 1.06. The molecule has 49 heavy (non-hydrogen) atoms. The molecule has 16 heteroatoms. The summed E-state index contributed by atoms with van der Waals surface area (Å²) >= 11 is 0. The van der Waals surface area contributed by atoms with E-state index in [1.54, 1.807) is 13.3 Å². The van der Waals surface area contributed by atoms with Crippen molar-refractivity contribution < 1.29 is 14.3 Å². The first-order valence-electron chi connectivity index (χ1n) is 16.3. The molecule has 0 bridgehead atoms. The SMILES string of the molecule is COCCNc1nc(Nc2ccc(NC3CCC(N=Nc4nccn4C)CC3)cc2)nc(Nc2ccc(N=Nc3n(C)cc[n+]3C)cc2)[nH+]1. The van der Waals surface area contributed by atoms with Gasteiger partial charge in [0.2, 0.25) is 5.95 Å². The van der Waals surface area contributed by atoms with Crippen molar-refractivity contribution in [3.05, 3.63) is 73.3 Å². The van der Waals surface area contributed by atoms with Crippen LogP contribution in [0.3, 0.4) is 0 Å². The van der Waals surface area contributed by atoms with Gasteiger partial charge in [-0.2, -0.15) is 5.11 Å². The van der Waals surface area contributed by atoms with Gasteiger partial charge in [-0.3, -0.25) is 5.32 Å². The molecule has 1 aliphatic rings. The Labute approximate surface area is 284 Å². The van der Waals surface area contributed by atoms with E-state index in [0.717, 1.165) is 54.4 Å². The Hall–Kier alpha value is -5.77. The minimum absolute atomic E-state index is 0.233. The average Bonchev–Trinajstić information content (AvgIpc) is 3.67. The molecule has 0 saturated heterocycles. The minimum atomic E-state index is 0.233. The van der Waals surface area contributed by atoms with Crippen molar-refractivity contribution >= 4 is 52.5 Å². The first-order valence-corrected chi connectivity index (χ1v) is 16.3. The van der Waals surface area contributed by atoms with Crippen molar-refractivity contribution in [3.63, 3.8) is 0 Å². The van der Waals surface area contributed by atoms with Crippen LogP contribution < -0.4 is 30.8 Å². The Morgan fingerprint density at radius 3 is 2.27 bits per heavy atom. The van der Waals surface area contributed by atoms with Gasteiger partial charge in [-0.15, -0.1) is 5.11 Å². The maximum Gasteiger partial charge on any atom is 0.421 e. The second-order valence-corrected chi connectivity index (χ2v) is 11.9. The number of methoxy groups -OCH3 is 1. The predicted octanol–water partition coefficient (Wildman–Crippen LogP) is 5.66. The molecular weight excluding hydrogens is 622 g/mol. The number of azo groups is 2. The zero-order valence-corrected chi connectivity index (χ0v) is 28.2. The maximum absolute atomic E-state index is 5.19. The van der Waals surface area contributed by atoms with Crippen LogP contribution in [-0.2, 0) is 25.9 Å². The second kappa shape index (κ2) is 15.9. The van der Waals surface area contributed by atoms with Crippen LogP contribution in [0.4, 0.5) is 52.5 Å². The number of aromatic nitrogens is 7. The van der Waals surface area contributed by atoms with Crippen molar-refractivity contribution in [1.82, 2.24) is 24.1 Å². The van der Waals surface area contributed by atoms with Gasteiger partial charge in [-0.1, -0.05) is 15.1 Å². The summed E-state index contributed by atoms with van der Waals surface area (Å²) in [7, 11) is 7.45. The monoisotopic (exact) mass is 665 g/mol. The molecule has 0 atom stereocenters. The lowest BCUT2D eigenvalue weighted by Crippen LogP contribution is -2.27. The van der Waals surface area contributed by atoms with Crippen LogP contribution >= 0.6 is 0 Å². The Morgan fingerprint density at radius 1 is 0.857 bits per heavy atom. The molecule has 1 aliphatic carbocycles. The highest BCUT2D eigenvalue weighted by Crippen LogP contribution is 2.27. The molecule has 254 valence electrons. The van der Waals surface area contributed by atoms with E-state index in [4.69, 9.17) is 4.74 Å². The number of nitrogens with zero attached hydrogens (tertiary/aromatic N) is 10. The molecule has 0 unspecified atom stereocenters. The third kappa shape index (κ3) is 9.19. The number of ether oxygens (including phenoxy) is 1. The molecule has 2 aromatic carbocycles. The topological polar surface area (TPSA) is 173 Å². The van der Waals surface area contributed by atoms with Gasteiger partial charge in [0.1, 0.15) is 5.69 Å². The molecule has 5 aromatic rings. The molecule has 16 nitrogen and oxygen atoms in total. The zero-order chi connectivity index (χ0) is 34.0. The van der Waals surface area contributed by atoms with Crippen LogP contribution in [0.15, 0.2) is 93.8 Å². The summed E-state index contributed by atoms with van der Waals surface area (Å²) in [4.78, 5) is 16.7. The predicted molar refractivity (Wildman–Crippen MR) is 187 cm³/mol. The second-order valence-electron chi connectivity index (χ2n) is 11.9. The number of imidazole rings is 2. The number of anilines is 6. The lowest BCUT2D eigenvalue weighted by molar-refractivity contribution is -0.657. The molecule has 0 aliphatic heterocycles. The highest BCUT2D eigenvalue weighted by molar-refractivity contribution is 5.61. The van der Waals surface area contributed by atoms with Gasteiger partial charge in [-0.05, 0) is 74.2 Å². The normalized spacial score (nSPS) is 16.3. The van der Waals surface area contributed by atoms with Crippen LogP contribution in [0.2, 0.25) is 0 Å². The van der Waals surface area contributed by atoms with Crippen molar-refractivity contribution in [2.24, 2.45) is 41.6 Å². The number of aryl methyl sites for hydroxylation is 3. The quantitative estimate of drug-likeness (QED) is 0.0669. The number of nitrogens with one attached hydrogen (secondary N) is 5. The third-order valence-electron chi connectivity index (χ3n) is 8.12. The van der Waals surface area contributed by atoms with E-state index < -0.39 is 0 Å². The Morgan fingerprint density at radius 2 is 1.57 bits per heavy atom. The standard InChI is InChI=1S/C33H41N15O/c1-46-19-17-35-32(46)44-42-27-13-9-24(10-14-27)36-23-5-7-25(8-6-23)37-30-39-29(34-18-22-49-4)40-31(41-30)38-26-11-15-28(16-12-26)43-45-33-47(2)20-21-48(33)3/h5-8,11-12,15-17,19-21,24,27H,9-10,13-14,18,22H2,1-4H3,(H3,34,35,36,37,38,39,40,41,42,43,44)/p+2. The van der Waals surface area contributed by atoms with E-state index in [0.29, 0.717) is 43.0 Å². The van der Waals surface area contributed by atoms with Gasteiger partial charge in [0.15, 0.2) is 0 Å². The lowest BCUT2D eigenvalue weighted by atomic mass is 9.91. The molecule has 0 amide bonds. The molecule has 3 aromatic heterocycles. The number of rotatable bonds is 14. The summed E-state index contributed by atoms with van der Waals surface area (Å²) in [5.41, 5.74) is 3.49. The van der Waals surface area contributed by atoms with Crippen molar-refractivity contribution in [2.75, 3.05) is 41.5 Å². The molecule has 3 heterocycles. The molecule has 1 fully saturated rings. The fraction of sp³-hybridized carbons (Fsp3) is 0.364. The van der Waals surface area contributed by atoms with E-state index in [-0.39, 0.29) is 6.04 Å². The molecule has 0 spiro atoms. The van der Waals surface area contributed by atoms with Crippen molar-refractivity contribution in [2.45, 2.75) is 37.8 Å². The minimum Gasteiger partial charge on any atom is -0.382 e. The summed E-state index contributed by atoms with van der Waals surface area (Å²) < 4.78 is 10.9. The largest absolute Gasteiger partial charge is 0.421 e. The first-order chi connectivity index (χ1) is 23.9. The highest BCUT2D eigenvalue weighted by Gasteiger charge is 2.21. The van der Waals surface area contributed by atoms with Crippen LogP contribution in [-0.4, -0.2) is 56.4 Å². The number of hydrogen-bond acceptors (Lipinski definition) is 12. The molecule has 5 N–H and O–H groups in total. The van der Waals surface area contributed by atoms with Gasteiger partial charge < -0.3 is 25.3 Å². The fourth-order valence-electron chi connectivity index (χ4n) is 5.39. The summed E-state index contributed by atoms with van der Waals surface area (Å²) in [6.07, 6.45) is 11.5. The fourth-order valence-corrected chi connectivity index (χ4v) is 5.39. The van der Waals surface area contributed by atoms with Crippen LogP contribution in [0.5, 0.6) is 0 Å². The average molecular weight is 666 g/mol. The summed E-state index contributed by atoms with van der Waals surface area (Å²) in [5.74, 6) is 2.88. The van der Waals surface area contributed by atoms with E-state index in [1.807, 2.05) is 89.8 Å². The van der Waals surface area contributed by atoms with Gasteiger partial charge >= 0.3 is 23.8 Å². The number of H-pyrrole nitrogens is 1. The van der Waals surface area contributed by atoms with Crippen LogP contribution in [0.1, 0.15) is 25.7 Å². The van der Waals surface area contributed by atoms with Crippen molar-refractivity contribution in [1.29, 1.82) is 0 Å². The first kappa shape index (κ1) is 33.1. The number of aromatic amines is 1. The van der Waals surface area contributed by atoms with Gasteiger partial charge in [-0.25, -0.2) is 19.1 Å². The van der Waals surface area contributed by atoms with Gasteiger partial charge in [0.25, 0.3) is 0 Å². The third-order valence-corrected chi connectivity index (χ3v) is 8.12. The zero-order valence-electron chi connectivity index (χ0n) is 28.2. The van der Waals surface area contributed by atoms with Crippen LogP contribution in [0, 0.1) is 0 Å². The molecular formula is C33H43N15O+2. The van der Waals surface area contributed by atoms with Gasteiger partial charge in [0, 0.05) is 49.1 Å². The lowest BCUT2D eigenvalue weighted by Gasteiger charge is -2.27. The van der Waals surface area contributed by atoms with Crippen molar-refractivity contribution in [3.8, 4) is 0 Å². The molecule has 1 saturated carbocycles. The Kier molecular flexibility index (Phi) is 10.7. The van der Waals surface area contributed by atoms with Crippen LogP contribution in [0.25, 0.3) is 0 Å². The Bertz CT molecular complexity index is 1840. The van der Waals surface area contributed by atoms with Gasteiger partial charge in [0.05, 0.1) is 51.4 Å². The number of hydrogen-bond donors (Lipinski definition) is 4. The smallest absolute Gasteiger partial charge is 0.382 e. The van der Waals surface area contributed by atoms with E-state index in [1.165, 1.54) is 0 Å². The summed E-state index contributed by atoms with van der Waals surface area (Å²) in [5, 5.41) is 31.2.